The van der Waals surface area contributed by atoms with Gasteiger partial charge >= 0.3 is 11.9 Å². The minimum Gasteiger partial charge on any atom is -0.463 e. The summed E-state index contributed by atoms with van der Waals surface area (Å²) in [5.41, 5.74) is 0. The zero-order chi connectivity index (χ0) is 36.1. The summed E-state index contributed by atoms with van der Waals surface area (Å²) >= 11 is 0. The lowest BCUT2D eigenvalue weighted by molar-refractivity contribution is -0.383. The molecule has 6 N–H and O–H groups in total. The molecule has 2 rings (SSSR count). The predicted molar refractivity (Wildman–Crippen MR) is 180 cm³/mol. The molecule has 2 saturated heterocycles. The topological polar surface area (TPSA) is 202 Å². The molecule has 2 heterocycles. The molecule has 0 saturated carbocycles. The van der Waals surface area contributed by atoms with Gasteiger partial charge in [0.2, 0.25) is 5.79 Å². The summed E-state index contributed by atoms with van der Waals surface area (Å²) in [5.74, 6) is -3.36. The van der Waals surface area contributed by atoms with E-state index in [-0.39, 0.29) is 12.8 Å². The van der Waals surface area contributed by atoms with Crippen molar-refractivity contribution in [1.82, 2.24) is 0 Å². The fourth-order valence-corrected chi connectivity index (χ4v) is 5.97. The first-order valence-corrected chi connectivity index (χ1v) is 18.6. The summed E-state index contributed by atoms with van der Waals surface area (Å²) in [5, 5.41) is 63.1. The molecule has 0 unspecified atom stereocenters. The van der Waals surface area contributed by atoms with Gasteiger partial charge in [-0.2, -0.15) is 0 Å². The summed E-state index contributed by atoms with van der Waals surface area (Å²) in [6, 6.07) is 0. The van der Waals surface area contributed by atoms with Crippen LogP contribution in [0.3, 0.4) is 0 Å². The summed E-state index contributed by atoms with van der Waals surface area (Å²) in [6.45, 7) is 2.45. The van der Waals surface area contributed by atoms with Crippen molar-refractivity contribution >= 4 is 11.9 Å². The Kier molecular flexibility index (Phi) is 21.7. The van der Waals surface area contributed by atoms with Crippen molar-refractivity contribution in [2.24, 2.45) is 0 Å². The van der Waals surface area contributed by atoms with Gasteiger partial charge in [-0.25, -0.2) is 0 Å². The molecule has 13 nitrogen and oxygen atoms in total. The minimum atomic E-state index is -2.33. The molecule has 2 aliphatic heterocycles. The van der Waals surface area contributed by atoms with Crippen molar-refractivity contribution < 1.29 is 63.9 Å². The van der Waals surface area contributed by atoms with E-state index in [4.69, 9.17) is 23.7 Å². The zero-order valence-corrected chi connectivity index (χ0v) is 29.7. The number of hydrogen-bond acceptors (Lipinski definition) is 13. The van der Waals surface area contributed by atoms with Gasteiger partial charge in [0.1, 0.15) is 62.5 Å². The molecular formula is C36H64O13. The van der Waals surface area contributed by atoms with Crippen LogP contribution in [0, 0.1) is 0 Å². The van der Waals surface area contributed by atoms with Crippen molar-refractivity contribution in [3.8, 4) is 0 Å². The van der Waals surface area contributed by atoms with E-state index in [1.165, 1.54) is 51.4 Å². The summed E-state index contributed by atoms with van der Waals surface area (Å²) in [4.78, 5) is 24.6. The lowest BCUT2D eigenvalue weighted by Crippen LogP contribution is -2.62. The number of rotatable bonds is 26. The van der Waals surface area contributed by atoms with Crippen LogP contribution in [0.1, 0.15) is 129 Å². The van der Waals surface area contributed by atoms with Crippen LogP contribution in [-0.4, -0.2) is 117 Å². The van der Waals surface area contributed by atoms with Gasteiger partial charge in [-0.1, -0.05) is 96.6 Å². The van der Waals surface area contributed by atoms with Crippen LogP contribution >= 0.6 is 0 Å². The smallest absolute Gasteiger partial charge is 0.305 e. The van der Waals surface area contributed by atoms with E-state index in [1.807, 2.05) is 6.08 Å². The first-order chi connectivity index (χ1) is 23.6. The number of hydrogen-bond donors (Lipinski definition) is 6. The molecule has 0 bridgehead atoms. The van der Waals surface area contributed by atoms with Gasteiger partial charge in [-0.3, -0.25) is 9.59 Å². The van der Waals surface area contributed by atoms with E-state index in [2.05, 4.69) is 19.9 Å². The molecule has 0 radical (unpaired) electrons. The molecule has 0 aromatic carbocycles. The maximum absolute atomic E-state index is 12.3. The Morgan fingerprint density at radius 3 is 1.73 bits per heavy atom. The highest BCUT2D eigenvalue weighted by molar-refractivity contribution is 5.69. The number of allylic oxidation sites excluding steroid dienone is 2. The second kappa shape index (κ2) is 24.5. The molecule has 0 aromatic rings. The lowest BCUT2D eigenvalue weighted by Gasteiger charge is -2.43. The SMILES string of the molecule is CCCCCC/C=C/CCCC(=O)OC[C@H]1O[C@H](O[C@]2(CO)O[C@H](COC(=O)CCCCCCCCCCC)[C@@H](O)[C@@H]2O)[C@H](O)[C@@H](O)[C@@H]1O. The van der Waals surface area contributed by atoms with E-state index in [0.29, 0.717) is 19.3 Å². The Morgan fingerprint density at radius 2 is 1.14 bits per heavy atom. The number of aliphatic hydroxyl groups is 6. The lowest BCUT2D eigenvalue weighted by atomic mass is 9.99. The third kappa shape index (κ3) is 15.2. The van der Waals surface area contributed by atoms with Crippen molar-refractivity contribution in [3.05, 3.63) is 12.2 Å². The largest absolute Gasteiger partial charge is 0.463 e. The number of ether oxygens (including phenoxy) is 5. The van der Waals surface area contributed by atoms with Crippen LogP contribution < -0.4 is 0 Å². The quantitative estimate of drug-likeness (QED) is 0.0436. The van der Waals surface area contributed by atoms with E-state index in [1.54, 1.807) is 0 Å². The number of carbonyl (C=O) groups excluding carboxylic acids is 2. The second-order valence-corrected chi connectivity index (χ2v) is 13.4. The summed E-state index contributed by atoms with van der Waals surface area (Å²) in [7, 11) is 0. The first kappa shape index (κ1) is 43.5. The van der Waals surface area contributed by atoms with Crippen molar-refractivity contribution in [2.75, 3.05) is 19.8 Å². The van der Waals surface area contributed by atoms with E-state index >= 15 is 0 Å². The van der Waals surface area contributed by atoms with Crippen LogP contribution in [-0.2, 0) is 33.3 Å². The monoisotopic (exact) mass is 704 g/mol. The zero-order valence-electron chi connectivity index (χ0n) is 29.7. The van der Waals surface area contributed by atoms with Crippen LogP contribution in [0.25, 0.3) is 0 Å². The molecule has 0 aromatic heterocycles. The molecule has 49 heavy (non-hydrogen) atoms. The number of esters is 2. The number of carbonyl (C=O) groups is 2. The summed E-state index contributed by atoms with van der Waals surface area (Å²) in [6.07, 6.45) is 8.16. The highest BCUT2D eigenvalue weighted by atomic mass is 16.8. The van der Waals surface area contributed by atoms with Gasteiger partial charge in [0, 0.05) is 12.8 Å². The standard InChI is InChI=1S/C36H64O13/c1-3-5-7-9-11-13-15-17-19-21-28(38)45-23-26-30(40)32(42)33(43)35(47-26)49-36(25-37)34(44)31(41)27(48-36)24-46-29(39)22-20-18-16-14-12-10-8-6-4-2/h13,15,26-27,30-35,37,40-44H,3-12,14,16-25H2,1-2H3/b15-13+/t26-,27-,30-,31-,32+,33-,34+,35-,36+/m1/s1. The molecule has 0 amide bonds. The fourth-order valence-electron chi connectivity index (χ4n) is 5.97. The number of aliphatic hydroxyl groups excluding tert-OH is 6. The Morgan fingerprint density at radius 1 is 0.633 bits per heavy atom. The van der Waals surface area contributed by atoms with Gasteiger partial charge in [-0.05, 0) is 32.1 Å². The Balaban J connectivity index is 1.80. The van der Waals surface area contributed by atoms with Gasteiger partial charge in [0.25, 0.3) is 0 Å². The van der Waals surface area contributed by atoms with Gasteiger partial charge in [0.05, 0.1) is 0 Å². The molecule has 0 aliphatic carbocycles. The third-order valence-electron chi connectivity index (χ3n) is 9.15. The Labute approximate surface area is 291 Å². The fraction of sp³-hybridized carbons (Fsp3) is 0.889. The predicted octanol–water partition coefficient (Wildman–Crippen LogP) is 3.32. The molecule has 286 valence electrons. The first-order valence-electron chi connectivity index (χ1n) is 18.6. The molecule has 0 spiro atoms. The van der Waals surface area contributed by atoms with Crippen LogP contribution in [0.4, 0.5) is 0 Å². The molecule has 9 atom stereocenters. The average Bonchev–Trinajstić information content (AvgIpc) is 3.33. The van der Waals surface area contributed by atoms with Crippen molar-refractivity contribution in [2.45, 2.75) is 184 Å². The highest BCUT2D eigenvalue weighted by Gasteiger charge is 2.58. The number of unbranched alkanes of at least 4 members (excludes halogenated alkanes) is 13. The van der Waals surface area contributed by atoms with Gasteiger partial charge in [-0.15, -0.1) is 0 Å². The molecule has 2 aliphatic rings. The van der Waals surface area contributed by atoms with Gasteiger partial charge < -0.3 is 54.3 Å². The normalized spacial score (nSPS) is 30.2. The Hall–Kier alpha value is -1.68. The second-order valence-electron chi connectivity index (χ2n) is 13.4. The van der Waals surface area contributed by atoms with E-state index < -0.39 is 86.6 Å². The maximum atomic E-state index is 12.3. The van der Waals surface area contributed by atoms with Crippen LogP contribution in [0.15, 0.2) is 12.2 Å². The van der Waals surface area contributed by atoms with Gasteiger partial charge in [0.15, 0.2) is 6.29 Å². The van der Waals surface area contributed by atoms with Crippen molar-refractivity contribution in [3.63, 3.8) is 0 Å². The maximum Gasteiger partial charge on any atom is 0.305 e. The Bertz CT molecular complexity index is 933. The van der Waals surface area contributed by atoms with Crippen LogP contribution in [0.2, 0.25) is 0 Å². The van der Waals surface area contributed by atoms with E-state index in [9.17, 15) is 40.2 Å². The molecule has 2 fully saturated rings. The van der Waals surface area contributed by atoms with Crippen molar-refractivity contribution in [1.29, 1.82) is 0 Å². The highest BCUT2D eigenvalue weighted by Crippen LogP contribution is 2.36. The van der Waals surface area contributed by atoms with E-state index in [0.717, 1.165) is 32.1 Å². The minimum absolute atomic E-state index is 0.130. The average molecular weight is 705 g/mol. The van der Waals surface area contributed by atoms with Crippen LogP contribution in [0.5, 0.6) is 0 Å². The third-order valence-corrected chi connectivity index (χ3v) is 9.15. The molecule has 13 heteroatoms. The summed E-state index contributed by atoms with van der Waals surface area (Å²) < 4.78 is 27.4. The molecular weight excluding hydrogens is 640 g/mol.